The zero-order chi connectivity index (χ0) is 18.0. The Labute approximate surface area is 151 Å². The number of nitrogens with zero attached hydrogens (tertiary/aromatic N) is 1. The number of ether oxygens (including phenoxy) is 1. The van der Waals surface area contributed by atoms with Gasteiger partial charge in [-0.25, -0.2) is 4.79 Å². The van der Waals surface area contributed by atoms with Crippen molar-refractivity contribution in [3.8, 4) is 5.75 Å². The van der Waals surface area contributed by atoms with Crippen LogP contribution >= 0.6 is 15.9 Å². The van der Waals surface area contributed by atoms with E-state index in [-0.39, 0.29) is 12.1 Å². The van der Waals surface area contributed by atoms with Gasteiger partial charge in [0, 0.05) is 10.0 Å². The Kier molecular flexibility index (Phi) is 4.71. The number of barbiturate groups is 1. The lowest BCUT2D eigenvalue weighted by Crippen LogP contribution is -2.53. The molecule has 0 spiro atoms. The third-order valence-electron chi connectivity index (χ3n) is 3.57. The van der Waals surface area contributed by atoms with Gasteiger partial charge in [0.05, 0.1) is 19.9 Å². The van der Waals surface area contributed by atoms with E-state index in [4.69, 9.17) is 9.15 Å². The number of hydrogen-bond acceptors (Lipinski definition) is 5. The standard InChI is InChI=1S/C17H13BrN2O5/c1-24-14-5-4-11(18)7-10(14)8-13-15(21)19-17(23)20(16(13)22)9-12-3-2-6-25-12/h2-8H,9H2,1H3,(H,19,21,23)/b13-8+. The molecule has 8 heteroatoms. The maximum absolute atomic E-state index is 12.6. The van der Waals surface area contributed by atoms with Crippen molar-refractivity contribution in [3.05, 3.63) is 58.0 Å². The van der Waals surface area contributed by atoms with Crippen molar-refractivity contribution in [1.29, 1.82) is 0 Å². The first-order chi connectivity index (χ1) is 12.0. The molecular formula is C17H13BrN2O5. The van der Waals surface area contributed by atoms with E-state index in [1.54, 1.807) is 30.3 Å². The van der Waals surface area contributed by atoms with Gasteiger partial charge in [0.15, 0.2) is 0 Å². The maximum atomic E-state index is 12.6. The fourth-order valence-electron chi connectivity index (χ4n) is 2.37. The van der Waals surface area contributed by atoms with Crippen molar-refractivity contribution >= 4 is 39.9 Å². The van der Waals surface area contributed by atoms with E-state index >= 15 is 0 Å². The Morgan fingerprint density at radius 2 is 2.08 bits per heavy atom. The van der Waals surface area contributed by atoms with E-state index in [2.05, 4.69) is 21.2 Å². The molecule has 4 amide bonds. The molecule has 0 unspecified atom stereocenters. The van der Waals surface area contributed by atoms with Gasteiger partial charge in [-0.3, -0.25) is 19.8 Å². The number of furan rings is 1. The quantitative estimate of drug-likeness (QED) is 0.624. The van der Waals surface area contributed by atoms with Crippen LogP contribution in [-0.2, 0) is 16.1 Å². The Hall–Kier alpha value is -2.87. The molecule has 0 aliphatic carbocycles. The summed E-state index contributed by atoms with van der Waals surface area (Å²) in [6, 6.07) is 7.68. The minimum Gasteiger partial charge on any atom is -0.496 e. The summed E-state index contributed by atoms with van der Waals surface area (Å²) in [4.78, 5) is 37.7. The van der Waals surface area contributed by atoms with E-state index in [0.717, 1.165) is 9.37 Å². The molecule has 0 bridgehead atoms. The number of hydrogen-bond donors (Lipinski definition) is 1. The van der Waals surface area contributed by atoms with E-state index < -0.39 is 17.8 Å². The van der Waals surface area contributed by atoms with Gasteiger partial charge in [0.2, 0.25) is 0 Å². The molecule has 1 aromatic carbocycles. The van der Waals surface area contributed by atoms with Gasteiger partial charge in [-0.2, -0.15) is 0 Å². The number of carbonyl (C=O) groups is 3. The number of methoxy groups -OCH3 is 1. The molecule has 1 N–H and O–H groups in total. The number of nitrogens with one attached hydrogen (secondary N) is 1. The molecule has 0 saturated carbocycles. The summed E-state index contributed by atoms with van der Waals surface area (Å²) in [6.07, 6.45) is 2.83. The number of amides is 4. The summed E-state index contributed by atoms with van der Waals surface area (Å²) in [5, 5.41) is 2.16. The zero-order valence-electron chi connectivity index (χ0n) is 13.1. The first kappa shape index (κ1) is 17.0. The van der Waals surface area contributed by atoms with Gasteiger partial charge in [-0.15, -0.1) is 0 Å². The predicted molar refractivity (Wildman–Crippen MR) is 91.5 cm³/mol. The average molecular weight is 405 g/mol. The van der Waals surface area contributed by atoms with Crippen LogP contribution < -0.4 is 10.1 Å². The second-order valence-corrected chi connectivity index (χ2v) is 6.09. The van der Waals surface area contributed by atoms with Crippen LogP contribution in [0, 0.1) is 0 Å². The molecule has 1 aliphatic rings. The normalized spacial score (nSPS) is 16.3. The molecule has 7 nitrogen and oxygen atoms in total. The highest BCUT2D eigenvalue weighted by Gasteiger charge is 2.36. The summed E-state index contributed by atoms with van der Waals surface area (Å²) in [5.41, 5.74) is 0.366. The van der Waals surface area contributed by atoms with Gasteiger partial charge in [-0.05, 0) is 36.4 Å². The first-order valence-electron chi connectivity index (χ1n) is 7.24. The number of benzene rings is 1. The fraction of sp³-hybridized carbons (Fsp3) is 0.118. The molecule has 1 saturated heterocycles. The Morgan fingerprint density at radius 3 is 2.76 bits per heavy atom. The van der Waals surface area contributed by atoms with Crippen LogP contribution in [0.25, 0.3) is 6.08 Å². The summed E-state index contributed by atoms with van der Waals surface area (Å²) in [5.74, 6) is -0.539. The molecule has 25 heavy (non-hydrogen) atoms. The van der Waals surface area contributed by atoms with Crippen molar-refractivity contribution in [1.82, 2.24) is 10.2 Å². The minimum atomic E-state index is -0.787. The number of urea groups is 1. The molecule has 1 aromatic heterocycles. The third-order valence-corrected chi connectivity index (χ3v) is 4.06. The molecule has 1 fully saturated rings. The lowest BCUT2D eigenvalue weighted by molar-refractivity contribution is -0.130. The van der Waals surface area contributed by atoms with E-state index in [1.165, 1.54) is 19.4 Å². The minimum absolute atomic E-state index is 0.0715. The summed E-state index contributed by atoms with van der Waals surface area (Å²) in [7, 11) is 1.49. The van der Waals surface area contributed by atoms with Crippen molar-refractivity contribution in [3.63, 3.8) is 0 Å². The third kappa shape index (κ3) is 3.48. The number of carbonyl (C=O) groups excluding carboxylic acids is 3. The van der Waals surface area contributed by atoms with Gasteiger partial charge >= 0.3 is 6.03 Å². The number of halogens is 1. The fourth-order valence-corrected chi connectivity index (χ4v) is 2.75. The second kappa shape index (κ2) is 6.94. The van der Waals surface area contributed by atoms with Crippen LogP contribution in [0.15, 0.2) is 51.1 Å². The lowest BCUT2D eigenvalue weighted by atomic mass is 10.1. The van der Waals surface area contributed by atoms with Crippen molar-refractivity contribution in [2.75, 3.05) is 7.11 Å². The van der Waals surface area contributed by atoms with Crippen molar-refractivity contribution < 1.29 is 23.5 Å². The molecule has 1 aliphatic heterocycles. The first-order valence-corrected chi connectivity index (χ1v) is 8.03. The highest BCUT2D eigenvalue weighted by molar-refractivity contribution is 9.10. The van der Waals surface area contributed by atoms with Crippen molar-refractivity contribution in [2.45, 2.75) is 6.54 Å². The highest BCUT2D eigenvalue weighted by atomic mass is 79.9. The largest absolute Gasteiger partial charge is 0.496 e. The van der Waals surface area contributed by atoms with E-state index in [9.17, 15) is 14.4 Å². The average Bonchev–Trinajstić information content (AvgIpc) is 3.09. The Morgan fingerprint density at radius 1 is 1.28 bits per heavy atom. The molecule has 2 heterocycles. The number of rotatable bonds is 4. The van der Waals surface area contributed by atoms with Gasteiger partial charge < -0.3 is 9.15 Å². The molecular weight excluding hydrogens is 392 g/mol. The maximum Gasteiger partial charge on any atom is 0.331 e. The van der Waals surface area contributed by atoms with Crippen LogP contribution in [0.3, 0.4) is 0 Å². The highest BCUT2D eigenvalue weighted by Crippen LogP contribution is 2.26. The van der Waals surface area contributed by atoms with Crippen LogP contribution in [0.5, 0.6) is 5.75 Å². The van der Waals surface area contributed by atoms with Gasteiger partial charge in [0.1, 0.15) is 17.1 Å². The second-order valence-electron chi connectivity index (χ2n) is 5.17. The van der Waals surface area contributed by atoms with Gasteiger partial charge in [0.25, 0.3) is 11.8 Å². The molecule has 128 valence electrons. The summed E-state index contributed by atoms with van der Waals surface area (Å²) < 4.78 is 11.2. The van der Waals surface area contributed by atoms with Gasteiger partial charge in [-0.1, -0.05) is 15.9 Å². The molecule has 0 atom stereocenters. The predicted octanol–water partition coefficient (Wildman–Crippen LogP) is 2.71. The molecule has 0 radical (unpaired) electrons. The monoisotopic (exact) mass is 404 g/mol. The Bertz CT molecular complexity index is 873. The van der Waals surface area contributed by atoms with Crippen molar-refractivity contribution in [2.24, 2.45) is 0 Å². The summed E-state index contributed by atoms with van der Waals surface area (Å²) in [6.45, 7) is -0.0715. The topological polar surface area (TPSA) is 88.8 Å². The van der Waals surface area contributed by atoms with Crippen LogP contribution in [0.1, 0.15) is 11.3 Å². The van der Waals surface area contributed by atoms with E-state index in [1.807, 2.05) is 0 Å². The SMILES string of the molecule is COc1ccc(Br)cc1/C=C1\C(=O)NC(=O)N(Cc2ccco2)C1=O. The number of imide groups is 2. The zero-order valence-corrected chi connectivity index (χ0v) is 14.7. The lowest BCUT2D eigenvalue weighted by Gasteiger charge is -2.25. The van der Waals surface area contributed by atoms with Crippen LogP contribution in [-0.4, -0.2) is 29.9 Å². The van der Waals surface area contributed by atoms with Crippen LogP contribution in [0.4, 0.5) is 4.79 Å². The molecule has 2 aromatic rings. The van der Waals surface area contributed by atoms with E-state index in [0.29, 0.717) is 17.1 Å². The summed E-state index contributed by atoms with van der Waals surface area (Å²) >= 11 is 3.33. The smallest absolute Gasteiger partial charge is 0.331 e. The van der Waals surface area contributed by atoms with Crippen LogP contribution in [0.2, 0.25) is 0 Å². The molecule has 3 rings (SSSR count). The Balaban J connectivity index is 1.97.